The Morgan fingerprint density at radius 3 is 1.22 bits per heavy atom. The zero-order valence-electron chi connectivity index (χ0n) is 19.5. The SMILES string of the molecule is Oc1ccccc1C(=Nc1nccnc1N=C(c1ccccc1)c1ccccc1O)c1ccccc1.[Pt]. The molecule has 2 N–H and O–H groups in total. The summed E-state index contributed by atoms with van der Waals surface area (Å²) in [4.78, 5) is 18.6. The Labute approximate surface area is 229 Å². The fourth-order valence-electron chi connectivity index (χ4n) is 3.79. The first-order valence-electron chi connectivity index (χ1n) is 11.4. The van der Waals surface area contributed by atoms with Gasteiger partial charge in [0.1, 0.15) is 11.5 Å². The number of phenols is 2. The minimum Gasteiger partial charge on any atom is -0.507 e. The Bertz CT molecular complexity index is 1440. The van der Waals surface area contributed by atoms with Crippen LogP contribution in [0.25, 0.3) is 0 Å². The molecule has 0 amide bonds. The van der Waals surface area contributed by atoms with Crippen molar-refractivity contribution in [2.75, 3.05) is 0 Å². The number of aromatic nitrogens is 2. The summed E-state index contributed by atoms with van der Waals surface area (Å²) in [6.07, 6.45) is 3.10. The minimum absolute atomic E-state index is 0. The van der Waals surface area contributed by atoms with Crippen LogP contribution >= 0.6 is 0 Å². The zero-order chi connectivity index (χ0) is 24.7. The van der Waals surface area contributed by atoms with Gasteiger partial charge in [-0.2, -0.15) is 0 Å². The molecule has 6 nitrogen and oxygen atoms in total. The topological polar surface area (TPSA) is 91.0 Å². The van der Waals surface area contributed by atoms with Crippen molar-refractivity contribution >= 4 is 23.1 Å². The molecule has 0 saturated carbocycles. The van der Waals surface area contributed by atoms with Gasteiger partial charge in [0, 0.05) is 55.7 Å². The molecule has 0 aliphatic heterocycles. The Kier molecular flexibility index (Phi) is 8.34. The van der Waals surface area contributed by atoms with Crippen LogP contribution in [-0.2, 0) is 21.1 Å². The maximum Gasteiger partial charge on any atom is 0.198 e. The monoisotopic (exact) mass is 665 g/mol. The first kappa shape index (κ1) is 25.7. The molecule has 0 fully saturated rings. The Morgan fingerprint density at radius 1 is 0.486 bits per heavy atom. The summed E-state index contributed by atoms with van der Waals surface area (Å²) in [5.74, 6) is 0.772. The summed E-state index contributed by atoms with van der Waals surface area (Å²) in [5.41, 5.74) is 3.82. The van der Waals surface area contributed by atoms with Crippen LogP contribution in [0.15, 0.2) is 132 Å². The molecule has 5 rings (SSSR count). The van der Waals surface area contributed by atoms with E-state index in [4.69, 9.17) is 9.98 Å². The van der Waals surface area contributed by atoms with Crippen LogP contribution in [0.4, 0.5) is 11.6 Å². The molecule has 0 aliphatic rings. The number of aliphatic imine (C=N–C) groups is 2. The fraction of sp³-hybridized carbons (Fsp3) is 0. The van der Waals surface area contributed by atoms with Crippen molar-refractivity contribution in [1.82, 2.24) is 9.97 Å². The molecular formula is C30H22N4O2Pt. The van der Waals surface area contributed by atoms with E-state index in [9.17, 15) is 10.2 Å². The first-order valence-corrected chi connectivity index (χ1v) is 11.4. The van der Waals surface area contributed by atoms with Gasteiger partial charge in [-0.25, -0.2) is 20.0 Å². The molecule has 5 aromatic rings. The summed E-state index contributed by atoms with van der Waals surface area (Å²) in [6.45, 7) is 0. The summed E-state index contributed by atoms with van der Waals surface area (Å²) >= 11 is 0. The number of phenolic OH excluding ortho intramolecular Hbond substituents is 2. The molecule has 0 aliphatic carbocycles. The number of hydrogen-bond donors (Lipinski definition) is 2. The van der Waals surface area contributed by atoms with E-state index >= 15 is 0 Å². The van der Waals surface area contributed by atoms with E-state index < -0.39 is 0 Å². The van der Waals surface area contributed by atoms with Crippen LogP contribution in [0.2, 0.25) is 0 Å². The molecule has 0 atom stereocenters. The van der Waals surface area contributed by atoms with Crippen LogP contribution in [0, 0.1) is 0 Å². The van der Waals surface area contributed by atoms with E-state index in [1.54, 1.807) is 48.8 Å². The number of para-hydroxylation sites is 2. The van der Waals surface area contributed by atoms with E-state index in [1.165, 1.54) is 0 Å². The molecule has 0 unspecified atom stereocenters. The number of rotatable bonds is 6. The second-order valence-electron chi connectivity index (χ2n) is 7.89. The van der Waals surface area contributed by atoms with Gasteiger partial charge in [-0.15, -0.1) is 0 Å². The number of hydrogen-bond acceptors (Lipinski definition) is 6. The molecule has 4 aromatic carbocycles. The van der Waals surface area contributed by atoms with Crippen LogP contribution < -0.4 is 0 Å². The zero-order valence-corrected chi connectivity index (χ0v) is 21.8. The molecule has 37 heavy (non-hydrogen) atoms. The number of nitrogens with zero attached hydrogens (tertiary/aromatic N) is 4. The summed E-state index contributed by atoms with van der Waals surface area (Å²) in [6, 6.07) is 33.2. The third kappa shape index (κ3) is 5.88. The van der Waals surface area contributed by atoms with Crippen molar-refractivity contribution in [1.29, 1.82) is 0 Å². The average Bonchev–Trinajstić information content (AvgIpc) is 2.93. The number of aromatic hydroxyl groups is 2. The maximum absolute atomic E-state index is 10.6. The fourth-order valence-corrected chi connectivity index (χ4v) is 3.79. The van der Waals surface area contributed by atoms with Crippen molar-refractivity contribution in [2.24, 2.45) is 9.98 Å². The minimum atomic E-state index is 0. The summed E-state index contributed by atoms with van der Waals surface area (Å²) < 4.78 is 0. The van der Waals surface area contributed by atoms with Crippen molar-refractivity contribution in [2.45, 2.75) is 0 Å². The van der Waals surface area contributed by atoms with Gasteiger partial charge in [-0.1, -0.05) is 84.9 Å². The van der Waals surface area contributed by atoms with E-state index in [-0.39, 0.29) is 44.2 Å². The van der Waals surface area contributed by atoms with Crippen LogP contribution in [0.1, 0.15) is 22.3 Å². The number of benzene rings is 4. The van der Waals surface area contributed by atoms with Crippen LogP contribution in [-0.4, -0.2) is 31.6 Å². The van der Waals surface area contributed by atoms with E-state index in [0.29, 0.717) is 22.6 Å². The average molecular weight is 666 g/mol. The van der Waals surface area contributed by atoms with Crippen LogP contribution in [0.5, 0.6) is 11.5 Å². The second kappa shape index (κ2) is 12.0. The van der Waals surface area contributed by atoms with Crippen molar-refractivity contribution < 1.29 is 31.3 Å². The normalized spacial score (nSPS) is 11.6. The largest absolute Gasteiger partial charge is 0.507 e. The Hall–Kier alpha value is -4.41. The summed E-state index contributed by atoms with van der Waals surface area (Å²) in [5, 5.41) is 21.2. The van der Waals surface area contributed by atoms with Gasteiger partial charge >= 0.3 is 0 Å². The van der Waals surface area contributed by atoms with Gasteiger partial charge in [-0.05, 0) is 24.3 Å². The van der Waals surface area contributed by atoms with Crippen molar-refractivity contribution in [3.63, 3.8) is 0 Å². The van der Waals surface area contributed by atoms with Gasteiger partial charge in [0.25, 0.3) is 0 Å². The standard InChI is InChI=1S/C30H22N4O2.Pt/c35-25-17-9-7-15-23(25)27(21-11-3-1-4-12-21)33-29-30(32-20-19-31-29)34-28(22-13-5-2-6-14-22)24-16-8-10-18-26(24)36;/h1-20,35-36H;. The van der Waals surface area contributed by atoms with Crippen molar-refractivity contribution in [3.8, 4) is 11.5 Å². The van der Waals surface area contributed by atoms with Gasteiger partial charge in [0.2, 0.25) is 0 Å². The van der Waals surface area contributed by atoms with E-state index in [2.05, 4.69) is 9.97 Å². The smallest absolute Gasteiger partial charge is 0.198 e. The molecule has 0 bridgehead atoms. The molecule has 1 aromatic heterocycles. The molecule has 0 saturated heterocycles. The molecule has 184 valence electrons. The molecule has 7 heteroatoms. The predicted octanol–water partition coefficient (Wildman–Crippen LogP) is 6.22. The van der Waals surface area contributed by atoms with Crippen molar-refractivity contribution in [3.05, 3.63) is 144 Å². The molecule has 0 spiro atoms. The van der Waals surface area contributed by atoms with Gasteiger partial charge in [0.05, 0.1) is 11.4 Å². The van der Waals surface area contributed by atoms with E-state index in [1.807, 2.05) is 72.8 Å². The predicted molar refractivity (Wildman–Crippen MR) is 142 cm³/mol. The van der Waals surface area contributed by atoms with Gasteiger partial charge in [-0.3, -0.25) is 0 Å². The first-order chi connectivity index (χ1) is 17.7. The third-order valence-electron chi connectivity index (χ3n) is 5.51. The Morgan fingerprint density at radius 2 is 0.838 bits per heavy atom. The molecule has 0 radical (unpaired) electrons. The van der Waals surface area contributed by atoms with Gasteiger partial charge in [0.15, 0.2) is 11.6 Å². The third-order valence-corrected chi connectivity index (χ3v) is 5.51. The van der Waals surface area contributed by atoms with Gasteiger partial charge < -0.3 is 10.2 Å². The second-order valence-corrected chi connectivity index (χ2v) is 7.89. The molecular weight excluding hydrogens is 643 g/mol. The molecule has 1 heterocycles. The van der Waals surface area contributed by atoms with Crippen LogP contribution in [0.3, 0.4) is 0 Å². The quantitative estimate of drug-likeness (QED) is 0.211. The maximum atomic E-state index is 10.6. The van der Waals surface area contributed by atoms with E-state index in [0.717, 1.165) is 11.1 Å². The Balaban J connectivity index is 0.00000320. The summed E-state index contributed by atoms with van der Waals surface area (Å²) in [7, 11) is 0.